The lowest BCUT2D eigenvalue weighted by atomic mass is 10.1. The van der Waals surface area contributed by atoms with E-state index in [0.717, 1.165) is 0 Å². The molecular weight excluding hydrogens is 383 g/mol. The van der Waals surface area contributed by atoms with Gasteiger partial charge in [-0.15, -0.1) is 0 Å². The van der Waals surface area contributed by atoms with Crippen molar-refractivity contribution in [3.63, 3.8) is 0 Å². The fraction of sp³-hybridized carbons (Fsp3) is 0.0952. The lowest BCUT2D eigenvalue weighted by Crippen LogP contribution is -2.15. The standard InChI is InChI=1S/C21H15FN8/c1-12(28-20-15(10-24)19(25)26-11-27-20)21-29-17-8-7-16(22)14(9-23)18(17)30(21)13-5-3-2-4-6-13/h2-8,11-12H,1H3,(H3,25,26,27,28). The maximum absolute atomic E-state index is 14.4. The molecule has 0 spiro atoms. The average molecular weight is 398 g/mol. The molecule has 1 unspecified atom stereocenters. The Labute approximate surface area is 171 Å². The molecule has 3 N–H and O–H groups in total. The second-order valence-electron chi connectivity index (χ2n) is 6.50. The number of hydrogen-bond donors (Lipinski definition) is 2. The van der Waals surface area contributed by atoms with E-state index in [1.807, 2.05) is 49.4 Å². The number of hydrogen-bond acceptors (Lipinski definition) is 7. The molecule has 9 heteroatoms. The van der Waals surface area contributed by atoms with Crippen LogP contribution in [0.3, 0.4) is 0 Å². The smallest absolute Gasteiger partial charge is 0.150 e. The SMILES string of the molecule is CC(Nc1ncnc(N)c1C#N)c1nc2ccc(F)c(C#N)c2n1-c1ccccc1. The highest BCUT2D eigenvalue weighted by Crippen LogP contribution is 2.30. The normalized spacial score (nSPS) is 11.6. The van der Waals surface area contributed by atoms with Gasteiger partial charge in [0.05, 0.1) is 17.1 Å². The highest BCUT2D eigenvalue weighted by molar-refractivity contribution is 5.84. The van der Waals surface area contributed by atoms with Crippen molar-refractivity contribution in [2.75, 3.05) is 11.1 Å². The number of para-hydroxylation sites is 1. The van der Waals surface area contributed by atoms with E-state index < -0.39 is 11.9 Å². The number of nitrogens with zero attached hydrogens (tertiary/aromatic N) is 6. The van der Waals surface area contributed by atoms with Crippen LogP contribution in [-0.4, -0.2) is 19.5 Å². The van der Waals surface area contributed by atoms with Crippen LogP contribution in [0.5, 0.6) is 0 Å². The van der Waals surface area contributed by atoms with Crippen LogP contribution < -0.4 is 11.1 Å². The second-order valence-corrected chi connectivity index (χ2v) is 6.50. The van der Waals surface area contributed by atoms with Crippen LogP contribution in [0, 0.1) is 28.5 Å². The van der Waals surface area contributed by atoms with Gasteiger partial charge in [-0.25, -0.2) is 19.3 Å². The summed E-state index contributed by atoms with van der Waals surface area (Å²) in [7, 11) is 0. The van der Waals surface area contributed by atoms with Gasteiger partial charge in [-0.05, 0) is 31.2 Å². The molecule has 2 aromatic heterocycles. The van der Waals surface area contributed by atoms with Crippen molar-refractivity contribution < 1.29 is 4.39 Å². The Morgan fingerprint density at radius 3 is 2.50 bits per heavy atom. The zero-order valence-electron chi connectivity index (χ0n) is 15.8. The third-order valence-electron chi connectivity index (χ3n) is 4.65. The van der Waals surface area contributed by atoms with Crippen LogP contribution in [0.1, 0.15) is 29.9 Å². The summed E-state index contributed by atoms with van der Waals surface area (Å²) in [5.41, 5.74) is 7.36. The monoisotopic (exact) mass is 398 g/mol. The van der Waals surface area contributed by atoms with Gasteiger partial charge in [-0.2, -0.15) is 10.5 Å². The van der Waals surface area contributed by atoms with Crippen LogP contribution in [0.2, 0.25) is 0 Å². The molecule has 2 aromatic carbocycles. The third-order valence-corrected chi connectivity index (χ3v) is 4.65. The van der Waals surface area contributed by atoms with Gasteiger partial charge in [-0.3, -0.25) is 4.57 Å². The number of nitrogens with two attached hydrogens (primary N) is 1. The number of anilines is 2. The Bertz CT molecular complexity index is 1330. The number of nitriles is 2. The van der Waals surface area contributed by atoms with Crippen LogP contribution in [0.4, 0.5) is 16.0 Å². The molecule has 1 atom stereocenters. The molecule has 4 aromatic rings. The second kappa shape index (κ2) is 7.49. The molecule has 0 aliphatic carbocycles. The van der Waals surface area contributed by atoms with Crippen molar-refractivity contribution in [2.45, 2.75) is 13.0 Å². The average Bonchev–Trinajstić information content (AvgIpc) is 3.14. The molecule has 30 heavy (non-hydrogen) atoms. The first-order valence-corrected chi connectivity index (χ1v) is 8.98. The van der Waals surface area contributed by atoms with Gasteiger partial charge in [0.15, 0.2) is 0 Å². The van der Waals surface area contributed by atoms with Crippen LogP contribution >= 0.6 is 0 Å². The van der Waals surface area contributed by atoms with Gasteiger partial charge >= 0.3 is 0 Å². The summed E-state index contributed by atoms with van der Waals surface area (Å²) >= 11 is 0. The topological polar surface area (TPSA) is 129 Å². The Morgan fingerprint density at radius 2 is 1.80 bits per heavy atom. The van der Waals surface area contributed by atoms with Gasteiger partial charge in [0.2, 0.25) is 0 Å². The van der Waals surface area contributed by atoms with Gasteiger partial charge in [-0.1, -0.05) is 18.2 Å². The molecule has 8 nitrogen and oxygen atoms in total. The maximum Gasteiger partial charge on any atom is 0.150 e. The van der Waals surface area contributed by atoms with E-state index in [1.165, 1.54) is 18.5 Å². The fourth-order valence-corrected chi connectivity index (χ4v) is 3.28. The van der Waals surface area contributed by atoms with E-state index in [-0.39, 0.29) is 22.8 Å². The molecule has 0 saturated carbocycles. The Hall–Kier alpha value is -4.50. The first-order chi connectivity index (χ1) is 14.5. The summed E-state index contributed by atoms with van der Waals surface area (Å²) in [6, 6.07) is 15.4. The van der Waals surface area contributed by atoms with Gasteiger partial charge < -0.3 is 11.1 Å². The summed E-state index contributed by atoms with van der Waals surface area (Å²) in [6.45, 7) is 1.82. The van der Waals surface area contributed by atoms with Crippen molar-refractivity contribution in [3.05, 3.63) is 71.6 Å². The predicted octanol–water partition coefficient (Wildman–Crippen LogP) is 3.45. The van der Waals surface area contributed by atoms with Crippen LogP contribution in [-0.2, 0) is 0 Å². The minimum atomic E-state index is -0.621. The van der Waals surface area contributed by atoms with Gasteiger partial charge in [0, 0.05) is 5.69 Å². The van der Waals surface area contributed by atoms with E-state index in [1.54, 1.807) is 4.57 Å². The first kappa shape index (κ1) is 18.8. The van der Waals surface area contributed by atoms with Crippen molar-refractivity contribution in [2.24, 2.45) is 0 Å². The van der Waals surface area contributed by atoms with Crippen molar-refractivity contribution in [1.29, 1.82) is 10.5 Å². The number of rotatable bonds is 4. The minimum Gasteiger partial charge on any atom is -0.382 e. The Balaban J connectivity index is 1.93. The fourth-order valence-electron chi connectivity index (χ4n) is 3.28. The van der Waals surface area contributed by atoms with Gasteiger partial charge in [0.1, 0.15) is 52.9 Å². The largest absolute Gasteiger partial charge is 0.382 e. The maximum atomic E-state index is 14.4. The summed E-state index contributed by atoms with van der Waals surface area (Å²) in [5.74, 6) is 0.215. The van der Waals surface area contributed by atoms with Crippen LogP contribution in [0.25, 0.3) is 16.7 Å². The van der Waals surface area contributed by atoms with E-state index in [9.17, 15) is 14.9 Å². The number of aromatic nitrogens is 4. The van der Waals surface area contributed by atoms with Crippen molar-refractivity contribution >= 4 is 22.7 Å². The number of nitrogens with one attached hydrogen (secondary N) is 1. The van der Waals surface area contributed by atoms with E-state index in [4.69, 9.17) is 5.73 Å². The molecule has 2 heterocycles. The molecular formula is C21H15FN8. The molecule has 0 aliphatic rings. The highest BCUT2D eigenvalue weighted by Gasteiger charge is 2.23. The van der Waals surface area contributed by atoms with Gasteiger partial charge in [0.25, 0.3) is 0 Å². The zero-order chi connectivity index (χ0) is 21.3. The van der Waals surface area contributed by atoms with E-state index in [2.05, 4.69) is 20.3 Å². The number of halogens is 1. The number of imidazole rings is 1. The lowest BCUT2D eigenvalue weighted by molar-refractivity contribution is 0.625. The summed E-state index contributed by atoms with van der Waals surface area (Å²) in [4.78, 5) is 12.6. The highest BCUT2D eigenvalue weighted by atomic mass is 19.1. The van der Waals surface area contributed by atoms with Crippen molar-refractivity contribution in [3.8, 4) is 17.8 Å². The Kier molecular flexibility index (Phi) is 4.71. The lowest BCUT2D eigenvalue weighted by Gasteiger charge is -2.18. The van der Waals surface area contributed by atoms with E-state index in [0.29, 0.717) is 22.5 Å². The summed E-state index contributed by atoms with van der Waals surface area (Å²) in [5, 5.41) is 22.1. The molecule has 0 aliphatic heterocycles. The van der Waals surface area contributed by atoms with Crippen LogP contribution in [0.15, 0.2) is 48.8 Å². The molecule has 0 amide bonds. The quantitative estimate of drug-likeness (QED) is 0.538. The number of nitrogen functional groups attached to an aromatic ring is 1. The third kappa shape index (κ3) is 3.05. The zero-order valence-corrected chi connectivity index (χ0v) is 15.8. The molecule has 0 fully saturated rings. The number of benzene rings is 2. The molecule has 146 valence electrons. The molecule has 0 radical (unpaired) electrons. The minimum absolute atomic E-state index is 0.0626. The molecule has 0 saturated heterocycles. The summed E-state index contributed by atoms with van der Waals surface area (Å²) in [6.07, 6.45) is 1.26. The summed E-state index contributed by atoms with van der Waals surface area (Å²) < 4.78 is 16.1. The Morgan fingerprint density at radius 1 is 1.07 bits per heavy atom. The number of fused-ring (bicyclic) bond motifs is 1. The van der Waals surface area contributed by atoms with E-state index >= 15 is 0 Å². The first-order valence-electron chi connectivity index (χ1n) is 8.98. The van der Waals surface area contributed by atoms with Crippen molar-refractivity contribution in [1.82, 2.24) is 19.5 Å². The molecule has 0 bridgehead atoms. The molecule has 4 rings (SSSR count). The predicted molar refractivity (Wildman–Crippen MR) is 109 cm³/mol.